The van der Waals surface area contributed by atoms with Crippen LogP contribution in [0.3, 0.4) is 0 Å². The molecular weight excluding hydrogens is 371 g/mol. The van der Waals surface area contributed by atoms with Crippen LogP contribution in [-0.2, 0) is 0 Å². The molecule has 0 saturated heterocycles. The zero-order valence-corrected chi connectivity index (χ0v) is 16.4. The third kappa shape index (κ3) is 3.62. The molecule has 0 bridgehead atoms. The molecule has 30 heavy (non-hydrogen) atoms. The molecule has 0 spiro atoms. The van der Waals surface area contributed by atoms with E-state index in [1.165, 1.54) is 23.3 Å². The van der Waals surface area contributed by atoms with Gasteiger partial charge in [-0.3, -0.25) is 5.01 Å². The van der Waals surface area contributed by atoms with Crippen LogP contribution < -0.4 is 5.01 Å². The second kappa shape index (κ2) is 7.96. The molecule has 0 radical (unpaired) electrons. The van der Waals surface area contributed by atoms with Crippen LogP contribution >= 0.6 is 0 Å². The predicted molar refractivity (Wildman–Crippen MR) is 121 cm³/mol. The molecule has 2 nitrogen and oxygen atoms in total. The normalized spacial score (nSPS) is 15.8. The largest absolute Gasteiger partial charge is 0.257 e. The van der Waals surface area contributed by atoms with Crippen molar-refractivity contribution in [2.75, 3.05) is 5.01 Å². The molecule has 0 unspecified atom stereocenters. The van der Waals surface area contributed by atoms with Gasteiger partial charge in [0.15, 0.2) is 0 Å². The van der Waals surface area contributed by atoms with E-state index in [4.69, 9.17) is 5.10 Å². The summed E-state index contributed by atoms with van der Waals surface area (Å²) in [6.45, 7) is 0. The van der Waals surface area contributed by atoms with Crippen LogP contribution in [0.2, 0.25) is 0 Å². The van der Waals surface area contributed by atoms with Gasteiger partial charge in [0.05, 0.1) is 17.4 Å². The van der Waals surface area contributed by atoms with Crippen molar-refractivity contribution in [1.82, 2.24) is 0 Å². The minimum Gasteiger partial charge on any atom is -0.257 e. The number of nitrogens with zero attached hydrogens (tertiary/aromatic N) is 2. The van der Waals surface area contributed by atoms with Gasteiger partial charge >= 0.3 is 0 Å². The van der Waals surface area contributed by atoms with E-state index in [2.05, 4.69) is 60.7 Å². The zero-order valence-electron chi connectivity index (χ0n) is 16.4. The van der Waals surface area contributed by atoms with E-state index < -0.39 is 0 Å². The van der Waals surface area contributed by atoms with Gasteiger partial charge in [-0.25, -0.2) is 4.39 Å². The van der Waals surface area contributed by atoms with E-state index >= 15 is 0 Å². The van der Waals surface area contributed by atoms with Crippen molar-refractivity contribution >= 4 is 11.4 Å². The van der Waals surface area contributed by atoms with Gasteiger partial charge in [-0.15, -0.1) is 0 Å². The van der Waals surface area contributed by atoms with Crippen molar-refractivity contribution in [3.8, 4) is 11.1 Å². The molecule has 1 heterocycles. The van der Waals surface area contributed by atoms with Gasteiger partial charge in [0.2, 0.25) is 0 Å². The highest BCUT2D eigenvalue weighted by Gasteiger charge is 2.29. The first kappa shape index (κ1) is 18.3. The molecule has 0 saturated carbocycles. The molecule has 1 atom stereocenters. The van der Waals surface area contributed by atoms with Crippen molar-refractivity contribution < 1.29 is 4.39 Å². The number of benzene rings is 4. The van der Waals surface area contributed by atoms with Crippen LogP contribution in [0.4, 0.5) is 10.1 Å². The van der Waals surface area contributed by atoms with Gasteiger partial charge in [-0.2, -0.15) is 5.10 Å². The Morgan fingerprint density at radius 1 is 0.633 bits per heavy atom. The number of hydrazone groups is 1. The average Bonchev–Trinajstić information content (AvgIpc) is 3.26. The first-order valence-electron chi connectivity index (χ1n) is 10.1. The lowest BCUT2D eigenvalue weighted by Crippen LogP contribution is -2.18. The van der Waals surface area contributed by atoms with E-state index in [-0.39, 0.29) is 11.9 Å². The molecule has 0 amide bonds. The fourth-order valence-corrected chi connectivity index (χ4v) is 3.93. The summed E-state index contributed by atoms with van der Waals surface area (Å²) in [5.41, 5.74) is 6.62. The maximum Gasteiger partial charge on any atom is 0.123 e. The van der Waals surface area contributed by atoms with E-state index in [0.29, 0.717) is 0 Å². The minimum atomic E-state index is -0.222. The Bertz CT molecular complexity index is 1150. The lowest BCUT2D eigenvalue weighted by atomic mass is 9.96. The Morgan fingerprint density at radius 3 is 1.87 bits per heavy atom. The van der Waals surface area contributed by atoms with Crippen LogP contribution in [0, 0.1) is 5.82 Å². The molecule has 146 valence electrons. The Kier molecular flexibility index (Phi) is 4.86. The van der Waals surface area contributed by atoms with Gasteiger partial charge in [0.1, 0.15) is 5.82 Å². The fraction of sp³-hybridized carbons (Fsp3) is 0.0741. The molecular formula is C27H21FN2. The topological polar surface area (TPSA) is 15.6 Å². The molecule has 0 aliphatic carbocycles. The van der Waals surface area contributed by atoms with Crippen LogP contribution in [0.1, 0.15) is 23.6 Å². The van der Waals surface area contributed by atoms with Gasteiger partial charge in [-0.05, 0) is 46.5 Å². The summed E-state index contributed by atoms with van der Waals surface area (Å²) in [4.78, 5) is 0. The average molecular weight is 392 g/mol. The summed E-state index contributed by atoms with van der Waals surface area (Å²) in [5, 5.41) is 7.02. The number of halogens is 1. The van der Waals surface area contributed by atoms with Crippen LogP contribution in [0.5, 0.6) is 0 Å². The van der Waals surface area contributed by atoms with Gasteiger partial charge in [0.25, 0.3) is 0 Å². The summed E-state index contributed by atoms with van der Waals surface area (Å²) in [7, 11) is 0. The van der Waals surface area contributed by atoms with E-state index in [9.17, 15) is 4.39 Å². The molecule has 0 N–H and O–H groups in total. The smallest absolute Gasteiger partial charge is 0.123 e. The Morgan fingerprint density at radius 2 is 1.20 bits per heavy atom. The van der Waals surface area contributed by atoms with E-state index in [0.717, 1.165) is 28.9 Å². The number of hydrogen-bond donors (Lipinski definition) is 0. The summed E-state index contributed by atoms with van der Waals surface area (Å²) in [6, 6.07) is 35.8. The van der Waals surface area contributed by atoms with Crippen LogP contribution in [0.15, 0.2) is 114 Å². The molecule has 3 heteroatoms. The van der Waals surface area contributed by atoms with Crippen molar-refractivity contribution in [3.63, 3.8) is 0 Å². The maximum absolute atomic E-state index is 13.5. The quantitative estimate of drug-likeness (QED) is 0.371. The van der Waals surface area contributed by atoms with Crippen molar-refractivity contribution in [1.29, 1.82) is 0 Å². The molecule has 4 aromatic carbocycles. The van der Waals surface area contributed by atoms with E-state index in [1.54, 1.807) is 0 Å². The Hall–Kier alpha value is -3.72. The fourth-order valence-electron chi connectivity index (χ4n) is 3.93. The van der Waals surface area contributed by atoms with Gasteiger partial charge < -0.3 is 0 Å². The lowest BCUT2D eigenvalue weighted by molar-refractivity contribution is 0.624. The standard InChI is InChI=1S/C27H21FN2/c28-24-17-15-23(16-18-24)27-19-26(29-30(27)25-9-5-2-6-10-25)22-13-11-21(12-14-22)20-7-3-1-4-8-20/h1-18,27H,19H2/t27-/m1/s1. The first-order chi connectivity index (χ1) is 14.8. The van der Waals surface area contributed by atoms with Gasteiger partial charge in [-0.1, -0.05) is 84.9 Å². The summed E-state index contributed by atoms with van der Waals surface area (Å²) >= 11 is 0. The highest BCUT2D eigenvalue weighted by Crippen LogP contribution is 2.36. The zero-order chi connectivity index (χ0) is 20.3. The van der Waals surface area contributed by atoms with Crippen LogP contribution in [0.25, 0.3) is 11.1 Å². The Balaban J connectivity index is 1.48. The highest BCUT2D eigenvalue weighted by molar-refractivity contribution is 6.03. The summed E-state index contributed by atoms with van der Waals surface area (Å²) in [5.74, 6) is -0.222. The molecule has 0 aromatic heterocycles. The highest BCUT2D eigenvalue weighted by atomic mass is 19.1. The van der Waals surface area contributed by atoms with Crippen LogP contribution in [-0.4, -0.2) is 5.71 Å². The maximum atomic E-state index is 13.5. The number of hydrogen-bond acceptors (Lipinski definition) is 2. The number of anilines is 1. The minimum absolute atomic E-state index is 0.0387. The van der Waals surface area contributed by atoms with E-state index in [1.807, 2.05) is 41.4 Å². The van der Waals surface area contributed by atoms with Crippen molar-refractivity contribution in [2.45, 2.75) is 12.5 Å². The molecule has 5 rings (SSSR count). The summed E-state index contributed by atoms with van der Waals surface area (Å²) in [6.07, 6.45) is 0.769. The van der Waals surface area contributed by atoms with Gasteiger partial charge in [0, 0.05) is 6.42 Å². The third-order valence-corrected chi connectivity index (χ3v) is 5.51. The second-order valence-corrected chi connectivity index (χ2v) is 7.44. The summed E-state index contributed by atoms with van der Waals surface area (Å²) < 4.78 is 13.5. The third-order valence-electron chi connectivity index (χ3n) is 5.51. The predicted octanol–water partition coefficient (Wildman–Crippen LogP) is 6.85. The number of rotatable bonds is 4. The van der Waals surface area contributed by atoms with Crippen molar-refractivity contribution in [3.05, 3.63) is 126 Å². The molecule has 0 fully saturated rings. The Labute approximate surface area is 175 Å². The molecule has 1 aliphatic rings. The first-order valence-corrected chi connectivity index (χ1v) is 10.1. The van der Waals surface area contributed by atoms with Crippen molar-refractivity contribution in [2.24, 2.45) is 5.10 Å². The molecule has 4 aromatic rings. The number of para-hydroxylation sites is 1. The SMILES string of the molecule is Fc1ccc([C@H]2CC(c3ccc(-c4ccccc4)cc3)=NN2c2ccccc2)cc1. The second-order valence-electron chi connectivity index (χ2n) is 7.44. The molecule has 1 aliphatic heterocycles. The lowest BCUT2D eigenvalue weighted by Gasteiger charge is -2.23. The monoisotopic (exact) mass is 392 g/mol.